The van der Waals surface area contributed by atoms with Crippen LogP contribution in [0, 0.1) is 0 Å². The van der Waals surface area contributed by atoms with Gasteiger partial charge in [-0.15, -0.1) is 0 Å². The van der Waals surface area contributed by atoms with Gasteiger partial charge in [0.2, 0.25) is 0 Å². The summed E-state index contributed by atoms with van der Waals surface area (Å²) in [5, 5.41) is 3.20. The van der Waals surface area contributed by atoms with E-state index in [-0.39, 0.29) is 0 Å². The van der Waals surface area contributed by atoms with Gasteiger partial charge in [0, 0.05) is 19.8 Å². The SMILES string of the molecule is CCCN(CNC)C(CC)COC. The van der Waals surface area contributed by atoms with E-state index in [1.807, 2.05) is 7.05 Å². The van der Waals surface area contributed by atoms with E-state index >= 15 is 0 Å². The van der Waals surface area contributed by atoms with Crippen LogP contribution >= 0.6 is 0 Å². The zero-order valence-electron chi connectivity index (χ0n) is 9.47. The van der Waals surface area contributed by atoms with Crippen molar-refractivity contribution in [2.75, 3.05) is 34.0 Å². The molecule has 0 fully saturated rings. The fourth-order valence-electron chi connectivity index (χ4n) is 1.55. The quantitative estimate of drug-likeness (QED) is 0.581. The van der Waals surface area contributed by atoms with Crippen molar-refractivity contribution in [2.45, 2.75) is 32.7 Å². The van der Waals surface area contributed by atoms with Crippen molar-refractivity contribution in [2.24, 2.45) is 0 Å². The van der Waals surface area contributed by atoms with Gasteiger partial charge in [-0.1, -0.05) is 13.8 Å². The number of hydrogen-bond donors (Lipinski definition) is 1. The summed E-state index contributed by atoms with van der Waals surface area (Å²) in [4.78, 5) is 2.43. The second kappa shape index (κ2) is 8.48. The highest BCUT2D eigenvalue weighted by atomic mass is 16.5. The Labute approximate surface area is 82.4 Å². The Kier molecular flexibility index (Phi) is 8.40. The lowest BCUT2D eigenvalue weighted by Gasteiger charge is -2.29. The molecule has 1 atom stereocenters. The van der Waals surface area contributed by atoms with E-state index in [1.54, 1.807) is 7.11 Å². The zero-order chi connectivity index (χ0) is 10.1. The van der Waals surface area contributed by atoms with E-state index in [0.717, 1.165) is 26.2 Å². The van der Waals surface area contributed by atoms with Crippen LogP contribution in [0.15, 0.2) is 0 Å². The Morgan fingerprint density at radius 1 is 1.38 bits per heavy atom. The second-order valence-corrected chi connectivity index (χ2v) is 3.34. The third kappa shape index (κ3) is 5.24. The van der Waals surface area contributed by atoms with Crippen LogP contribution in [0.3, 0.4) is 0 Å². The molecule has 13 heavy (non-hydrogen) atoms. The average Bonchev–Trinajstić information content (AvgIpc) is 2.14. The van der Waals surface area contributed by atoms with E-state index in [2.05, 4.69) is 24.1 Å². The zero-order valence-corrected chi connectivity index (χ0v) is 9.47. The molecule has 0 rings (SSSR count). The number of rotatable bonds is 8. The van der Waals surface area contributed by atoms with Crippen LogP contribution in [-0.4, -0.2) is 44.9 Å². The van der Waals surface area contributed by atoms with Gasteiger partial charge in [0.25, 0.3) is 0 Å². The molecule has 0 saturated carbocycles. The highest BCUT2D eigenvalue weighted by Crippen LogP contribution is 2.04. The van der Waals surface area contributed by atoms with Gasteiger partial charge in [-0.3, -0.25) is 4.90 Å². The molecule has 0 aliphatic rings. The van der Waals surface area contributed by atoms with Crippen LogP contribution in [0.25, 0.3) is 0 Å². The Morgan fingerprint density at radius 2 is 2.08 bits per heavy atom. The van der Waals surface area contributed by atoms with Crippen LogP contribution in [0.1, 0.15) is 26.7 Å². The average molecular weight is 188 g/mol. The summed E-state index contributed by atoms with van der Waals surface area (Å²) in [6, 6.07) is 0.553. The first-order valence-electron chi connectivity index (χ1n) is 5.17. The predicted molar refractivity (Wildman–Crippen MR) is 56.9 cm³/mol. The number of ether oxygens (including phenoxy) is 1. The van der Waals surface area contributed by atoms with Crippen molar-refractivity contribution in [1.29, 1.82) is 0 Å². The van der Waals surface area contributed by atoms with Crippen molar-refractivity contribution >= 4 is 0 Å². The molecule has 0 heterocycles. The van der Waals surface area contributed by atoms with Gasteiger partial charge in [0.1, 0.15) is 0 Å². The van der Waals surface area contributed by atoms with Gasteiger partial charge in [-0.2, -0.15) is 0 Å². The molecular weight excluding hydrogens is 164 g/mol. The van der Waals surface area contributed by atoms with Crippen molar-refractivity contribution < 1.29 is 4.74 Å². The summed E-state index contributed by atoms with van der Waals surface area (Å²) in [6.45, 7) is 7.35. The minimum atomic E-state index is 0.553. The molecule has 0 bridgehead atoms. The largest absolute Gasteiger partial charge is 0.383 e. The molecule has 0 radical (unpaired) electrons. The minimum absolute atomic E-state index is 0.553. The maximum atomic E-state index is 5.20. The lowest BCUT2D eigenvalue weighted by atomic mass is 10.2. The first kappa shape index (κ1) is 12.9. The summed E-state index contributed by atoms with van der Waals surface area (Å²) >= 11 is 0. The molecule has 0 aliphatic heterocycles. The predicted octanol–water partition coefficient (Wildman–Crippen LogP) is 1.30. The number of methoxy groups -OCH3 is 1. The normalized spacial score (nSPS) is 13.6. The lowest BCUT2D eigenvalue weighted by Crippen LogP contribution is -2.43. The minimum Gasteiger partial charge on any atom is -0.383 e. The molecule has 1 unspecified atom stereocenters. The number of nitrogens with one attached hydrogen (secondary N) is 1. The fraction of sp³-hybridized carbons (Fsp3) is 1.00. The van der Waals surface area contributed by atoms with Gasteiger partial charge >= 0.3 is 0 Å². The van der Waals surface area contributed by atoms with Crippen LogP contribution in [-0.2, 0) is 4.74 Å². The van der Waals surface area contributed by atoms with E-state index in [1.165, 1.54) is 6.42 Å². The molecule has 0 aromatic carbocycles. The van der Waals surface area contributed by atoms with Crippen molar-refractivity contribution in [1.82, 2.24) is 10.2 Å². The van der Waals surface area contributed by atoms with Crippen LogP contribution in [0.5, 0.6) is 0 Å². The molecule has 0 aromatic heterocycles. The molecule has 3 heteroatoms. The lowest BCUT2D eigenvalue weighted by molar-refractivity contribution is 0.0833. The van der Waals surface area contributed by atoms with E-state index in [9.17, 15) is 0 Å². The number of hydrogen-bond acceptors (Lipinski definition) is 3. The van der Waals surface area contributed by atoms with Crippen molar-refractivity contribution in [3.8, 4) is 0 Å². The number of nitrogens with zero attached hydrogens (tertiary/aromatic N) is 1. The smallest absolute Gasteiger partial charge is 0.0618 e. The molecule has 0 aliphatic carbocycles. The Bertz CT molecular complexity index is 103. The molecule has 1 N–H and O–H groups in total. The van der Waals surface area contributed by atoms with E-state index in [0.29, 0.717) is 6.04 Å². The summed E-state index contributed by atoms with van der Waals surface area (Å²) in [6.07, 6.45) is 2.34. The summed E-state index contributed by atoms with van der Waals surface area (Å²) < 4.78 is 5.20. The van der Waals surface area contributed by atoms with Crippen molar-refractivity contribution in [3.63, 3.8) is 0 Å². The van der Waals surface area contributed by atoms with E-state index in [4.69, 9.17) is 4.74 Å². The molecule has 0 aromatic rings. The molecule has 0 saturated heterocycles. The van der Waals surface area contributed by atoms with Gasteiger partial charge in [-0.05, 0) is 26.4 Å². The first-order valence-corrected chi connectivity index (χ1v) is 5.17. The van der Waals surface area contributed by atoms with E-state index < -0.39 is 0 Å². The third-order valence-electron chi connectivity index (χ3n) is 2.22. The van der Waals surface area contributed by atoms with Crippen LogP contribution < -0.4 is 5.32 Å². The summed E-state index contributed by atoms with van der Waals surface area (Å²) in [7, 11) is 3.76. The molecule has 0 amide bonds. The van der Waals surface area contributed by atoms with Gasteiger partial charge in [0.15, 0.2) is 0 Å². The topological polar surface area (TPSA) is 24.5 Å². The molecule has 3 nitrogen and oxygen atoms in total. The first-order chi connectivity index (χ1) is 6.29. The molecule has 80 valence electrons. The van der Waals surface area contributed by atoms with Crippen LogP contribution in [0.2, 0.25) is 0 Å². The maximum Gasteiger partial charge on any atom is 0.0618 e. The Hall–Kier alpha value is -0.120. The maximum absolute atomic E-state index is 5.20. The summed E-state index contributed by atoms with van der Waals surface area (Å²) in [5.41, 5.74) is 0. The summed E-state index contributed by atoms with van der Waals surface area (Å²) in [5.74, 6) is 0. The third-order valence-corrected chi connectivity index (χ3v) is 2.22. The van der Waals surface area contributed by atoms with Gasteiger partial charge < -0.3 is 10.1 Å². The van der Waals surface area contributed by atoms with Gasteiger partial charge in [0.05, 0.1) is 6.61 Å². The van der Waals surface area contributed by atoms with Gasteiger partial charge in [-0.25, -0.2) is 0 Å². The van der Waals surface area contributed by atoms with Crippen molar-refractivity contribution in [3.05, 3.63) is 0 Å². The van der Waals surface area contributed by atoms with Crippen LogP contribution in [0.4, 0.5) is 0 Å². The standard InChI is InChI=1S/C10H24N2O/c1-5-7-12(9-11-3)10(6-2)8-13-4/h10-11H,5-9H2,1-4H3. The fourth-order valence-corrected chi connectivity index (χ4v) is 1.55. The highest BCUT2D eigenvalue weighted by molar-refractivity contribution is 4.68. The Balaban J connectivity index is 3.94. The highest BCUT2D eigenvalue weighted by Gasteiger charge is 2.14. The monoisotopic (exact) mass is 188 g/mol. The molecular formula is C10H24N2O. The second-order valence-electron chi connectivity index (χ2n) is 3.34. The Morgan fingerprint density at radius 3 is 2.46 bits per heavy atom. The molecule has 0 spiro atoms.